The Hall–Kier alpha value is -1.70. The third-order valence-electron chi connectivity index (χ3n) is 3.61. The summed E-state index contributed by atoms with van der Waals surface area (Å²) in [7, 11) is 0. The molecule has 126 valence electrons. The standard InChI is InChI=1S/C16H14BrClFN3O2/c17-10-8-13(22-4-6-24-7-5-22)15(20-9-10)21-16(23)14-11(18)2-1-3-12(14)19/h1-3,8-9H,4-7H2,(H,20,21,23). The van der Waals surface area contributed by atoms with Crippen molar-refractivity contribution in [2.75, 3.05) is 36.5 Å². The van der Waals surface area contributed by atoms with Gasteiger partial charge in [0.05, 0.1) is 29.5 Å². The molecule has 0 spiro atoms. The van der Waals surface area contributed by atoms with Crippen molar-refractivity contribution in [1.82, 2.24) is 4.98 Å². The molecule has 5 nitrogen and oxygen atoms in total. The quantitative estimate of drug-likeness (QED) is 0.831. The van der Waals surface area contributed by atoms with E-state index in [-0.39, 0.29) is 10.6 Å². The number of ether oxygens (including phenoxy) is 1. The van der Waals surface area contributed by atoms with Crippen molar-refractivity contribution in [3.63, 3.8) is 0 Å². The number of amides is 1. The van der Waals surface area contributed by atoms with Gasteiger partial charge in [0.1, 0.15) is 5.82 Å². The number of halogens is 3. The summed E-state index contributed by atoms with van der Waals surface area (Å²) >= 11 is 9.33. The molecule has 0 unspecified atom stereocenters. The molecule has 0 bridgehead atoms. The number of pyridine rings is 1. The van der Waals surface area contributed by atoms with Crippen LogP contribution in [-0.2, 0) is 4.74 Å². The molecule has 1 aromatic heterocycles. The first kappa shape index (κ1) is 17.1. The molecule has 0 radical (unpaired) electrons. The molecule has 0 aliphatic carbocycles. The third kappa shape index (κ3) is 3.68. The van der Waals surface area contributed by atoms with E-state index in [9.17, 15) is 9.18 Å². The Kier molecular flexibility index (Phi) is 5.33. The zero-order valence-electron chi connectivity index (χ0n) is 12.6. The van der Waals surface area contributed by atoms with Gasteiger partial charge in [0.25, 0.3) is 5.91 Å². The number of hydrogen-bond acceptors (Lipinski definition) is 4. The lowest BCUT2D eigenvalue weighted by Gasteiger charge is -2.30. The van der Waals surface area contributed by atoms with Crippen LogP contribution in [0.3, 0.4) is 0 Å². The van der Waals surface area contributed by atoms with Gasteiger partial charge in [0, 0.05) is 23.8 Å². The van der Waals surface area contributed by atoms with E-state index in [1.165, 1.54) is 18.2 Å². The summed E-state index contributed by atoms with van der Waals surface area (Å²) in [4.78, 5) is 18.8. The minimum absolute atomic E-state index is 0.0533. The summed E-state index contributed by atoms with van der Waals surface area (Å²) < 4.78 is 20.1. The second-order valence-corrected chi connectivity index (χ2v) is 6.49. The summed E-state index contributed by atoms with van der Waals surface area (Å²) in [6, 6.07) is 5.97. The molecule has 0 atom stereocenters. The normalized spacial score (nSPS) is 14.5. The van der Waals surface area contributed by atoms with Crippen LogP contribution in [0.15, 0.2) is 34.9 Å². The van der Waals surface area contributed by atoms with Crippen molar-refractivity contribution in [1.29, 1.82) is 0 Å². The van der Waals surface area contributed by atoms with Gasteiger partial charge in [-0.1, -0.05) is 17.7 Å². The molecule has 1 saturated heterocycles. The Morgan fingerprint density at radius 1 is 1.38 bits per heavy atom. The van der Waals surface area contributed by atoms with Gasteiger partial charge in [-0.15, -0.1) is 0 Å². The molecule has 1 aliphatic heterocycles. The van der Waals surface area contributed by atoms with E-state index in [1.54, 1.807) is 6.20 Å². The summed E-state index contributed by atoms with van der Waals surface area (Å²) in [5.41, 5.74) is 0.547. The van der Waals surface area contributed by atoms with Crippen molar-refractivity contribution in [2.24, 2.45) is 0 Å². The van der Waals surface area contributed by atoms with Crippen LogP contribution in [-0.4, -0.2) is 37.2 Å². The Morgan fingerprint density at radius 2 is 2.12 bits per heavy atom. The summed E-state index contributed by atoms with van der Waals surface area (Å²) in [6.07, 6.45) is 1.57. The lowest BCUT2D eigenvalue weighted by atomic mass is 10.2. The first-order valence-corrected chi connectivity index (χ1v) is 8.47. The van der Waals surface area contributed by atoms with E-state index in [4.69, 9.17) is 16.3 Å². The highest BCUT2D eigenvalue weighted by atomic mass is 79.9. The van der Waals surface area contributed by atoms with Crippen molar-refractivity contribution >= 4 is 44.9 Å². The number of carbonyl (C=O) groups excluding carboxylic acids is 1. The molecule has 2 aromatic rings. The molecular formula is C16H14BrClFN3O2. The predicted molar refractivity (Wildman–Crippen MR) is 94.3 cm³/mol. The van der Waals surface area contributed by atoms with Crippen LogP contribution >= 0.6 is 27.5 Å². The van der Waals surface area contributed by atoms with E-state index >= 15 is 0 Å². The molecule has 1 fully saturated rings. The summed E-state index contributed by atoms with van der Waals surface area (Å²) in [6.45, 7) is 2.56. The van der Waals surface area contributed by atoms with Crippen LogP contribution in [0.4, 0.5) is 15.9 Å². The van der Waals surface area contributed by atoms with Crippen LogP contribution in [0.25, 0.3) is 0 Å². The largest absolute Gasteiger partial charge is 0.378 e. The van der Waals surface area contributed by atoms with Gasteiger partial charge in [-0.2, -0.15) is 0 Å². The summed E-state index contributed by atoms with van der Waals surface area (Å²) in [5.74, 6) is -0.961. The van der Waals surface area contributed by atoms with Gasteiger partial charge in [-0.3, -0.25) is 4.79 Å². The number of carbonyl (C=O) groups is 1. The molecule has 1 aromatic carbocycles. The van der Waals surface area contributed by atoms with Gasteiger partial charge in [0.2, 0.25) is 0 Å². The maximum atomic E-state index is 13.9. The van der Waals surface area contributed by atoms with Gasteiger partial charge >= 0.3 is 0 Å². The Morgan fingerprint density at radius 3 is 2.83 bits per heavy atom. The van der Waals surface area contributed by atoms with Gasteiger partial charge in [-0.05, 0) is 34.1 Å². The van der Waals surface area contributed by atoms with Gasteiger partial charge < -0.3 is 15.0 Å². The lowest BCUT2D eigenvalue weighted by Crippen LogP contribution is -2.37. The number of hydrogen-bond donors (Lipinski definition) is 1. The molecule has 3 rings (SSSR count). The van der Waals surface area contributed by atoms with Crippen LogP contribution < -0.4 is 10.2 Å². The maximum Gasteiger partial charge on any atom is 0.261 e. The first-order valence-electron chi connectivity index (χ1n) is 7.30. The fraction of sp³-hybridized carbons (Fsp3) is 0.250. The Bertz CT molecular complexity index is 749. The van der Waals surface area contributed by atoms with Crippen LogP contribution in [0.5, 0.6) is 0 Å². The lowest BCUT2D eigenvalue weighted by molar-refractivity contribution is 0.102. The minimum Gasteiger partial charge on any atom is -0.378 e. The van der Waals surface area contributed by atoms with E-state index in [0.29, 0.717) is 32.1 Å². The average Bonchev–Trinajstić information content (AvgIpc) is 2.57. The fourth-order valence-corrected chi connectivity index (χ4v) is 3.02. The monoisotopic (exact) mass is 413 g/mol. The van der Waals surface area contributed by atoms with E-state index in [0.717, 1.165) is 10.2 Å². The fourth-order valence-electron chi connectivity index (χ4n) is 2.45. The third-order valence-corrected chi connectivity index (χ3v) is 4.36. The number of rotatable bonds is 3. The smallest absolute Gasteiger partial charge is 0.261 e. The zero-order chi connectivity index (χ0) is 17.1. The number of benzene rings is 1. The molecule has 2 heterocycles. The van der Waals surface area contributed by atoms with Gasteiger partial charge in [-0.25, -0.2) is 9.37 Å². The van der Waals surface area contributed by atoms with Crippen molar-refractivity contribution in [3.05, 3.63) is 51.3 Å². The number of nitrogens with zero attached hydrogens (tertiary/aromatic N) is 2. The van der Waals surface area contributed by atoms with Crippen LogP contribution in [0, 0.1) is 5.82 Å². The van der Waals surface area contributed by atoms with Crippen LogP contribution in [0.2, 0.25) is 5.02 Å². The molecule has 1 aliphatic rings. The van der Waals surface area contributed by atoms with E-state index in [1.807, 2.05) is 6.07 Å². The zero-order valence-corrected chi connectivity index (χ0v) is 14.9. The average molecular weight is 415 g/mol. The first-order chi connectivity index (χ1) is 11.6. The molecule has 8 heteroatoms. The highest BCUT2D eigenvalue weighted by Crippen LogP contribution is 2.29. The molecule has 1 amide bonds. The second kappa shape index (κ2) is 7.46. The summed E-state index contributed by atoms with van der Waals surface area (Å²) in [5, 5.41) is 2.71. The highest BCUT2D eigenvalue weighted by Gasteiger charge is 2.21. The second-order valence-electron chi connectivity index (χ2n) is 5.17. The molecule has 0 saturated carbocycles. The van der Waals surface area contributed by atoms with E-state index in [2.05, 4.69) is 31.1 Å². The van der Waals surface area contributed by atoms with Crippen molar-refractivity contribution in [2.45, 2.75) is 0 Å². The minimum atomic E-state index is -0.676. The Labute approximate surface area is 151 Å². The molecule has 1 N–H and O–H groups in total. The number of morpholine rings is 1. The number of nitrogens with one attached hydrogen (secondary N) is 1. The SMILES string of the molecule is O=C(Nc1ncc(Br)cc1N1CCOCC1)c1c(F)cccc1Cl. The van der Waals surface area contributed by atoms with Crippen molar-refractivity contribution in [3.8, 4) is 0 Å². The van der Waals surface area contributed by atoms with Crippen LogP contribution in [0.1, 0.15) is 10.4 Å². The molecular weight excluding hydrogens is 401 g/mol. The topological polar surface area (TPSA) is 54.5 Å². The van der Waals surface area contributed by atoms with Crippen molar-refractivity contribution < 1.29 is 13.9 Å². The highest BCUT2D eigenvalue weighted by molar-refractivity contribution is 9.10. The van der Waals surface area contributed by atoms with Gasteiger partial charge in [0.15, 0.2) is 5.82 Å². The number of aromatic nitrogens is 1. The number of anilines is 2. The predicted octanol–water partition coefficient (Wildman–Crippen LogP) is 3.73. The Balaban J connectivity index is 1.91. The van der Waals surface area contributed by atoms with E-state index < -0.39 is 11.7 Å². The maximum absolute atomic E-state index is 13.9. The molecule has 24 heavy (non-hydrogen) atoms.